The van der Waals surface area contributed by atoms with E-state index < -0.39 is 23.7 Å². The third-order valence-electron chi connectivity index (χ3n) is 2.92. The Morgan fingerprint density at radius 2 is 1.95 bits per heavy atom. The average molecular weight is 292 g/mol. The van der Waals surface area contributed by atoms with Crippen LogP contribution >= 0.6 is 0 Å². The molecule has 1 aliphatic rings. The number of esters is 1. The SMILES string of the molecule is C[C@H](OC(=O)C1=NNC(=O)CC1)C(=O)c1ccc(F)cc1. The quantitative estimate of drug-likeness (QED) is 0.667. The molecule has 0 unspecified atom stereocenters. The van der Waals surface area contributed by atoms with Crippen LogP contribution in [0.15, 0.2) is 29.4 Å². The van der Waals surface area contributed by atoms with Crippen LogP contribution in [0.25, 0.3) is 0 Å². The number of hydrazone groups is 1. The monoisotopic (exact) mass is 292 g/mol. The van der Waals surface area contributed by atoms with Crippen LogP contribution in [0.3, 0.4) is 0 Å². The number of nitrogens with zero attached hydrogens (tertiary/aromatic N) is 1. The van der Waals surface area contributed by atoms with E-state index in [4.69, 9.17) is 4.74 Å². The summed E-state index contributed by atoms with van der Waals surface area (Å²) in [5.41, 5.74) is 2.48. The van der Waals surface area contributed by atoms with Crippen LogP contribution in [-0.4, -0.2) is 29.5 Å². The summed E-state index contributed by atoms with van der Waals surface area (Å²) in [6.07, 6.45) is -0.709. The molecular weight excluding hydrogens is 279 g/mol. The highest BCUT2D eigenvalue weighted by molar-refractivity contribution is 6.37. The summed E-state index contributed by atoms with van der Waals surface area (Å²) in [5.74, 6) is -1.92. The minimum absolute atomic E-state index is 0.0633. The van der Waals surface area contributed by atoms with Crippen molar-refractivity contribution in [2.24, 2.45) is 5.10 Å². The first-order chi connectivity index (χ1) is 9.97. The van der Waals surface area contributed by atoms with Crippen molar-refractivity contribution in [2.75, 3.05) is 0 Å². The predicted molar refractivity (Wildman–Crippen MR) is 71.1 cm³/mol. The zero-order chi connectivity index (χ0) is 15.4. The minimum Gasteiger partial charge on any atom is -0.450 e. The van der Waals surface area contributed by atoms with E-state index in [0.717, 1.165) is 12.1 Å². The summed E-state index contributed by atoms with van der Waals surface area (Å²) in [4.78, 5) is 34.7. The van der Waals surface area contributed by atoms with Crippen LogP contribution in [0, 0.1) is 5.82 Å². The molecule has 1 aromatic rings. The van der Waals surface area contributed by atoms with Crippen molar-refractivity contribution in [1.29, 1.82) is 0 Å². The fraction of sp³-hybridized carbons (Fsp3) is 0.286. The third-order valence-corrected chi connectivity index (χ3v) is 2.92. The van der Waals surface area contributed by atoms with Gasteiger partial charge in [-0.1, -0.05) is 0 Å². The number of ether oxygens (including phenoxy) is 1. The largest absolute Gasteiger partial charge is 0.450 e. The third kappa shape index (κ3) is 3.71. The summed E-state index contributed by atoms with van der Waals surface area (Å²) >= 11 is 0. The molecule has 7 heteroatoms. The molecule has 0 spiro atoms. The maximum absolute atomic E-state index is 12.8. The lowest BCUT2D eigenvalue weighted by atomic mass is 10.1. The van der Waals surface area contributed by atoms with Gasteiger partial charge in [0, 0.05) is 18.4 Å². The second-order valence-corrected chi connectivity index (χ2v) is 4.51. The van der Waals surface area contributed by atoms with Crippen molar-refractivity contribution in [2.45, 2.75) is 25.9 Å². The first-order valence-electron chi connectivity index (χ1n) is 6.33. The first-order valence-corrected chi connectivity index (χ1v) is 6.33. The Balaban J connectivity index is 1.99. The summed E-state index contributed by atoms with van der Waals surface area (Å²) in [7, 11) is 0. The van der Waals surface area contributed by atoms with E-state index in [0.29, 0.717) is 0 Å². The lowest BCUT2D eigenvalue weighted by Gasteiger charge is -2.15. The van der Waals surface area contributed by atoms with Gasteiger partial charge in [-0.15, -0.1) is 0 Å². The van der Waals surface area contributed by atoms with E-state index in [2.05, 4.69) is 10.5 Å². The van der Waals surface area contributed by atoms with E-state index >= 15 is 0 Å². The highest BCUT2D eigenvalue weighted by Crippen LogP contribution is 2.10. The molecule has 1 amide bonds. The molecule has 21 heavy (non-hydrogen) atoms. The number of hydrogen-bond donors (Lipinski definition) is 1. The summed E-state index contributed by atoms with van der Waals surface area (Å²) < 4.78 is 17.8. The molecule has 0 bridgehead atoms. The van der Waals surface area contributed by atoms with E-state index in [1.165, 1.54) is 19.1 Å². The molecular formula is C14H13FN2O4. The molecule has 110 valence electrons. The normalized spacial score (nSPS) is 15.7. The van der Waals surface area contributed by atoms with E-state index in [-0.39, 0.29) is 30.0 Å². The molecule has 0 saturated carbocycles. The number of carbonyl (C=O) groups is 3. The van der Waals surface area contributed by atoms with Crippen molar-refractivity contribution >= 4 is 23.4 Å². The topological polar surface area (TPSA) is 84.8 Å². The van der Waals surface area contributed by atoms with Crippen molar-refractivity contribution in [3.63, 3.8) is 0 Å². The first kappa shape index (κ1) is 14.8. The van der Waals surface area contributed by atoms with Crippen LogP contribution in [0.1, 0.15) is 30.1 Å². The number of rotatable bonds is 4. The van der Waals surface area contributed by atoms with E-state index in [1.807, 2.05) is 0 Å². The van der Waals surface area contributed by atoms with Crippen molar-refractivity contribution in [1.82, 2.24) is 5.43 Å². The van der Waals surface area contributed by atoms with Gasteiger partial charge in [0.15, 0.2) is 6.10 Å². The number of halogens is 1. The maximum atomic E-state index is 12.8. The number of benzene rings is 1. The van der Waals surface area contributed by atoms with Gasteiger partial charge in [0.2, 0.25) is 11.7 Å². The van der Waals surface area contributed by atoms with Gasteiger partial charge >= 0.3 is 5.97 Å². The summed E-state index contributed by atoms with van der Waals surface area (Å²) in [6.45, 7) is 1.42. The summed E-state index contributed by atoms with van der Waals surface area (Å²) in [5, 5.41) is 3.59. The highest BCUT2D eigenvalue weighted by Gasteiger charge is 2.24. The van der Waals surface area contributed by atoms with Crippen LogP contribution in [0.2, 0.25) is 0 Å². The molecule has 0 aliphatic carbocycles. The zero-order valence-electron chi connectivity index (χ0n) is 11.3. The zero-order valence-corrected chi connectivity index (χ0v) is 11.3. The molecule has 0 saturated heterocycles. The van der Waals surface area contributed by atoms with Gasteiger partial charge in [0.1, 0.15) is 11.5 Å². The summed E-state index contributed by atoms with van der Waals surface area (Å²) in [6, 6.07) is 4.95. The molecule has 1 aliphatic heterocycles. The van der Waals surface area contributed by atoms with Crippen LogP contribution in [0.4, 0.5) is 4.39 Å². The standard InChI is InChI=1S/C14H13FN2O4/c1-8(13(19)9-2-4-10(15)5-3-9)21-14(20)11-6-7-12(18)17-16-11/h2-5,8H,6-7H2,1H3,(H,17,18)/t8-/m0/s1. The second-order valence-electron chi connectivity index (χ2n) is 4.51. The van der Waals surface area contributed by atoms with E-state index in [1.54, 1.807) is 0 Å². The number of nitrogens with one attached hydrogen (secondary N) is 1. The molecule has 0 aromatic heterocycles. The fourth-order valence-electron chi connectivity index (χ4n) is 1.75. The number of Topliss-reactive ketones (excluding diaryl/α,β-unsaturated/α-hetero) is 1. The van der Waals surface area contributed by atoms with Gasteiger partial charge in [-0.2, -0.15) is 5.10 Å². The fourth-order valence-corrected chi connectivity index (χ4v) is 1.75. The molecule has 0 fully saturated rings. The average Bonchev–Trinajstić information content (AvgIpc) is 2.47. The molecule has 1 heterocycles. The smallest absolute Gasteiger partial charge is 0.355 e. The Morgan fingerprint density at radius 3 is 2.52 bits per heavy atom. The van der Waals surface area contributed by atoms with Gasteiger partial charge < -0.3 is 4.74 Å². The second kappa shape index (κ2) is 6.25. The van der Waals surface area contributed by atoms with Gasteiger partial charge in [0.25, 0.3) is 0 Å². The van der Waals surface area contributed by atoms with Gasteiger partial charge in [0.05, 0.1) is 0 Å². The molecule has 2 rings (SSSR count). The van der Waals surface area contributed by atoms with Crippen LogP contribution in [0.5, 0.6) is 0 Å². The predicted octanol–water partition coefficient (Wildman–Crippen LogP) is 1.21. The van der Waals surface area contributed by atoms with E-state index in [9.17, 15) is 18.8 Å². The minimum atomic E-state index is -1.02. The van der Waals surface area contributed by atoms with Crippen LogP contribution < -0.4 is 5.43 Å². The lowest BCUT2D eigenvalue weighted by Crippen LogP contribution is -2.34. The Hall–Kier alpha value is -2.57. The Labute approximate surface area is 120 Å². The molecule has 0 radical (unpaired) electrons. The highest BCUT2D eigenvalue weighted by atomic mass is 19.1. The van der Waals surface area contributed by atoms with Crippen LogP contribution in [-0.2, 0) is 14.3 Å². The van der Waals surface area contributed by atoms with Crippen molar-refractivity contribution < 1.29 is 23.5 Å². The molecule has 1 N–H and O–H groups in total. The molecule has 6 nitrogen and oxygen atoms in total. The van der Waals surface area contributed by atoms with Gasteiger partial charge in [-0.05, 0) is 31.2 Å². The van der Waals surface area contributed by atoms with Crippen molar-refractivity contribution in [3.8, 4) is 0 Å². The number of hydrogen-bond acceptors (Lipinski definition) is 5. The Kier molecular flexibility index (Phi) is 4.42. The number of ketones is 1. The molecule has 1 aromatic carbocycles. The number of amides is 1. The lowest BCUT2D eigenvalue weighted by molar-refractivity contribution is -0.138. The van der Waals surface area contributed by atoms with Crippen molar-refractivity contribution in [3.05, 3.63) is 35.6 Å². The Morgan fingerprint density at radius 1 is 1.29 bits per heavy atom. The number of carbonyl (C=O) groups excluding carboxylic acids is 3. The Bertz CT molecular complexity index is 610. The van der Waals surface area contributed by atoms with Gasteiger partial charge in [-0.25, -0.2) is 14.6 Å². The maximum Gasteiger partial charge on any atom is 0.355 e. The molecule has 1 atom stereocenters. The van der Waals surface area contributed by atoms with Gasteiger partial charge in [-0.3, -0.25) is 9.59 Å².